The number of fused-ring (bicyclic) bond motifs is 1. The highest BCUT2D eigenvalue weighted by Crippen LogP contribution is 2.23. The average Bonchev–Trinajstić information content (AvgIpc) is 2.72. The number of rotatable bonds is 3. The van der Waals surface area contributed by atoms with Crippen LogP contribution in [0.1, 0.15) is 29.3 Å². The standard InChI is InChI=1S/C12H15NO2/c1-2-7-15-12(14)10-4-3-9-5-6-13-11(9)8-10/h3-4,8,13H,2,5-7H2,1H3. The molecular weight excluding hydrogens is 190 g/mol. The minimum absolute atomic E-state index is 0.228. The van der Waals surface area contributed by atoms with Gasteiger partial charge in [-0.25, -0.2) is 4.79 Å². The summed E-state index contributed by atoms with van der Waals surface area (Å²) < 4.78 is 5.07. The van der Waals surface area contributed by atoms with Crippen molar-refractivity contribution in [2.45, 2.75) is 19.8 Å². The molecule has 0 aliphatic carbocycles. The Kier molecular flexibility index (Phi) is 2.90. The molecule has 0 radical (unpaired) electrons. The van der Waals surface area contributed by atoms with Crippen LogP contribution in [0, 0.1) is 0 Å². The smallest absolute Gasteiger partial charge is 0.338 e. The largest absolute Gasteiger partial charge is 0.462 e. The van der Waals surface area contributed by atoms with Crippen LogP contribution in [0.3, 0.4) is 0 Å². The molecule has 0 fully saturated rings. The zero-order valence-corrected chi connectivity index (χ0v) is 8.88. The van der Waals surface area contributed by atoms with E-state index in [1.54, 1.807) is 0 Å². The Morgan fingerprint density at radius 2 is 2.40 bits per heavy atom. The van der Waals surface area contributed by atoms with E-state index in [0.29, 0.717) is 12.2 Å². The summed E-state index contributed by atoms with van der Waals surface area (Å²) in [6.07, 6.45) is 1.90. The van der Waals surface area contributed by atoms with E-state index in [1.165, 1.54) is 5.56 Å². The number of carbonyl (C=O) groups is 1. The molecule has 1 aliphatic rings. The maximum atomic E-state index is 11.6. The first-order chi connectivity index (χ1) is 7.31. The first-order valence-corrected chi connectivity index (χ1v) is 5.35. The van der Waals surface area contributed by atoms with E-state index in [2.05, 4.69) is 5.32 Å². The summed E-state index contributed by atoms with van der Waals surface area (Å²) in [5.41, 5.74) is 2.99. The normalized spacial score (nSPS) is 13.1. The highest BCUT2D eigenvalue weighted by atomic mass is 16.5. The molecule has 0 bridgehead atoms. The Morgan fingerprint density at radius 1 is 1.53 bits per heavy atom. The third kappa shape index (κ3) is 2.12. The van der Waals surface area contributed by atoms with Crippen molar-refractivity contribution >= 4 is 11.7 Å². The van der Waals surface area contributed by atoms with Crippen LogP contribution in [0.5, 0.6) is 0 Å². The molecule has 1 N–H and O–H groups in total. The molecular formula is C12H15NO2. The van der Waals surface area contributed by atoms with Crippen molar-refractivity contribution in [2.24, 2.45) is 0 Å². The van der Waals surface area contributed by atoms with Gasteiger partial charge in [0, 0.05) is 12.2 Å². The third-order valence-corrected chi connectivity index (χ3v) is 2.49. The van der Waals surface area contributed by atoms with Crippen LogP contribution in [0.4, 0.5) is 5.69 Å². The summed E-state index contributed by atoms with van der Waals surface area (Å²) >= 11 is 0. The summed E-state index contributed by atoms with van der Waals surface area (Å²) in [5, 5.41) is 3.24. The predicted molar refractivity (Wildman–Crippen MR) is 59.2 cm³/mol. The number of carbonyl (C=O) groups excluding carboxylic acids is 1. The van der Waals surface area contributed by atoms with Crippen molar-refractivity contribution in [1.29, 1.82) is 0 Å². The van der Waals surface area contributed by atoms with Crippen LogP contribution in [-0.4, -0.2) is 19.1 Å². The lowest BCUT2D eigenvalue weighted by Crippen LogP contribution is -2.06. The molecule has 3 nitrogen and oxygen atoms in total. The Hall–Kier alpha value is -1.51. The van der Waals surface area contributed by atoms with Crippen molar-refractivity contribution in [3.05, 3.63) is 29.3 Å². The number of esters is 1. The van der Waals surface area contributed by atoms with Crippen LogP contribution in [-0.2, 0) is 11.2 Å². The molecule has 1 aromatic carbocycles. The number of ether oxygens (including phenoxy) is 1. The van der Waals surface area contributed by atoms with Crippen molar-refractivity contribution in [3.63, 3.8) is 0 Å². The van der Waals surface area contributed by atoms with Gasteiger partial charge >= 0.3 is 5.97 Å². The molecule has 1 heterocycles. The molecule has 1 aromatic rings. The van der Waals surface area contributed by atoms with Crippen LogP contribution in [0.25, 0.3) is 0 Å². The second kappa shape index (κ2) is 4.34. The zero-order valence-electron chi connectivity index (χ0n) is 8.88. The van der Waals surface area contributed by atoms with E-state index in [9.17, 15) is 4.79 Å². The van der Waals surface area contributed by atoms with Gasteiger partial charge in [0.05, 0.1) is 12.2 Å². The number of hydrogen-bond acceptors (Lipinski definition) is 3. The van der Waals surface area contributed by atoms with Crippen molar-refractivity contribution in [2.75, 3.05) is 18.5 Å². The fourth-order valence-corrected chi connectivity index (χ4v) is 1.70. The monoisotopic (exact) mass is 205 g/mol. The van der Waals surface area contributed by atoms with E-state index in [4.69, 9.17) is 4.74 Å². The minimum Gasteiger partial charge on any atom is -0.462 e. The Bertz CT molecular complexity index is 374. The van der Waals surface area contributed by atoms with Gasteiger partial charge in [-0.3, -0.25) is 0 Å². The number of anilines is 1. The molecule has 3 heteroatoms. The summed E-state index contributed by atoms with van der Waals surface area (Å²) in [6.45, 7) is 3.43. The maximum absolute atomic E-state index is 11.6. The molecule has 0 aromatic heterocycles. The second-order valence-electron chi connectivity index (χ2n) is 3.68. The molecule has 0 unspecified atom stereocenters. The number of nitrogens with one attached hydrogen (secondary N) is 1. The second-order valence-corrected chi connectivity index (χ2v) is 3.68. The van der Waals surface area contributed by atoms with Crippen molar-refractivity contribution < 1.29 is 9.53 Å². The summed E-state index contributed by atoms with van der Waals surface area (Å²) in [7, 11) is 0. The topological polar surface area (TPSA) is 38.3 Å². The van der Waals surface area contributed by atoms with Crippen molar-refractivity contribution in [1.82, 2.24) is 0 Å². The van der Waals surface area contributed by atoms with Gasteiger partial charge in [-0.15, -0.1) is 0 Å². The lowest BCUT2D eigenvalue weighted by atomic mass is 10.1. The first-order valence-electron chi connectivity index (χ1n) is 5.35. The summed E-state index contributed by atoms with van der Waals surface area (Å²) in [6, 6.07) is 5.71. The fourth-order valence-electron chi connectivity index (χ4n) is 1.70. The van der Waals surface area contributed by atoms with Crippen LogP contribution >= 0.6 is 0 Å². The van der Waals surface area contributed by atoms with Crippen LogP contribution in [0.2, 0.25) is 0 Å². The quantitative estimate of drug-likeness (QED) is 0.769. The Labute approximate surface area is 89.4 Å². The Balaban J connectivity index is 2.12. The third-order valence-electron chi connectivity index (χ3n) is 2.49. The van der Waals surface area contributed by atoms with Crippen LogP contribution < -0.4 is 5.32 Å². The predicted octanol–water partition coefficient (Wildman–Crippen LogP) is 2.22. The molecule has 0 spiro atoms. The van der Waals surface area contributed by atoms with E-state index in [-0.39, 0.29) is 5.97 Å². The fraction of sp³-hybridized carbons (Fsp3) is 0.417. The van der Waals surface area contributed by atoms with Gasteiger partial charge in [0.1, 0.15) is 0 Å². The molecule has 0 saturated carbocycles. The van der Waals surface area contributed by atoms with Gasteiger partial charge in [0.2, 0.25) is 0 Å². The van der Waals surface area contributed by atoms with E-state index >= 15 is 0 Å². The minimum atomic E-state index is -0.228. The number of benzene rings is 1. The highest BCUT2D eigenvalue weighted by Gasteiger charge is 2.13. The molecule has 1 aliphatic heterocycles. The van der Waals surface area contributed by atoms with Crippen LogP contribution in [0.15, 0.2) is 18.2 Å². The number of hydrogen-bond donors (Lipinski definition) is 1. The van der Waals surface area contributed by atoms with E-state index in [0.717, 1.165) is 25.1 Å². The Morgan fingerprint density at radius 3 is 3.20 bits per heavy atom. The summed E-state index contributed by atoms with van der Waals surface area (Å²) in [4.78, 5) is 11.6. The van der Waals surface area contributed by atoms with Gasteiger partial charge < -0.3 is 10.1 Å². The lowest BCUT2D eigenvalue weighted by molar-refractivity contribution is 0.0505. The molecule has 0 saturated heterocycles. The molecule has 2 rings (SSSR count). The van der Waals surface area contributed by atoms with E-state index in [1.807, 2.05) is 25.1 Å². The molecule has 80 valence electrons. The van der Waals surface area contributed by atoms with Gasteiger partial charge in [-0.1, -0.05) is 13.0 Å². The van der Waals surface area contributed by atoms with Crippen molar-refractivity contribution in [3.8, 4) is 0 Å². The maximum Gasteiger partial charge on any atom is 0.338 e. The highest BCUT2D eigenvalue weighted by molar-refractivity contribution is 5.91. The van der Waals surface area contributed by atoms with Gasteiger partial charge in [-0.05, 0) is 30.5 Å². The van der Waals surface area contributed by atoms with E-state index < -0.39 is 0 Å². The lowest BCUT2D eigenvalue weighted by Gasteiger charge is -2.05. The van der Waals surface area contributed by atoms with Gasteiger partial charge in [0.25, 0.3) is 0 Å². The summed E-state index contributed by atoms with van der Waals surface area (Å²) in [5.74, 6) is -0.228. The molecule has 15 heavy (non-hydrogen) atoms. The van der Waals surface area contributed by atoms with Gasteiger partial charge in [0.15, 0.2) is 0 Å². The van der Waals surface area contributed by atoms with Gasteiger partial charge in [-0.2, -0.15) is 0 Å². The SMILES string of the molecule is CCCOC(=O)c1ccc2c(c1)NCC2. The molecule has 0 atom stereocenters. The zero-order chi connectivity index (χ0) is 10.7. The molecule has 0 amide bonds. The average molecular weight is 205 g/mol. The first kappa shape index (κ1) is 10.0.